The van der Waals surface area contributed by atoms with E-state index in [0.29, 0.717) is 45.3 Å². The lowest BCUT2D eigenvalue weighted by atomic mass is 10.1. The third-order valence-corrected chi connectivity index (χ3v) is 4.41. The summed E-state index contributed by atoms with van der Waals surface area (Å²) in [5.74, 6) is 1.45. The number of rotatable bonds is 12. The largest absolute Gasteiger partial charge is 0.490 e. The maximum absolute atomic E-state index is 8.69. The van der Waals surface area contributed by atoms with Gasteiger partial charge in [-0.3, -0.25) is 0 Å². The van der Waals surface area contributed by atoms with Crippen molar-refractivity contribution in [2.24, 2.45) is 0 Å². The van der Waals surface area contributed by atoms with E-state index in [4.69, 9.17) is 19.3 Å². The van der Waals surface area contributed by atoms with Crippen LogP contribution >= 0.6 is 15.9 Å². The smallest absolute Gasteiger partial charge is 0.175 e. The van der Waals surface area contributed by atoms with Crippen LogP contribution in [0, 0.1) is 6.92 Å². The van der Waals surface area contributed by atoms with Crippen LogP contribution in [0.5, 0.6) is 11.5 Å². The number of nitrogens with one attached hydrogen (secondary N) is 1. The Morgan fingerprint density at radius 2 is 1.93 bits per heavy atom. The first-order chi connectivity index (χ1) is 13.1. The van der Waals surface area contributed by atoms with Crippen LogP contribution < -0.4 is 14.8 Å². The molecule has 0 saturated carbocycles. The molecule has 0 aliphatic rings. The van der Waals surface area contributed by atoms with Crippen LogP contribution in [0.15, 0.2) is 40.9 Å². The Hall–Kier alpha value is -1.60. The summed E-state index contributed by atoms with van der Waals surface area (Å²) >= 11 is 3.61. The SMILES string of the molecule is CCOc1cc(CNCCOCCO)cc(Br)c1OCc1cccc(C)c1. The highest BCUT2D eigenvalue weighted by atomic mass is 79.9. The highest BCUT2D eigenvalue weighted by Gasteiger charge is 2.12. The molecule has 0 unspecified atom stereocenters. The summed E-state index contributed by atoms with van der Waals surface area (Å²) in [5.41, 5.74) is 3.43. The van der Waals surface area contributed by atoms with Gasteiger partial charge in [0.05, 0.1) is 30.9 Å². The van der Waals surface area contributed by atoms with Gasteiger partial charge in [0.15, 0.2) is 11.5 Å². The zero-order chi connectivity index (χ0) is 19.5. The molecule has 0 bridgehead atoms. The second-order valence-electron chi connectivity index (χ2n) is 6.13. The van der Waals surface area contributed by atoms with Crippen molar-refractivity contribution in [3.8, 4) is 11.5 Å². The van der Waals surface area contributed by atoms with Gasteiger partial charge in [-0.1, -0.05) is 29.8 Å². The van der Waals surface area contributed by atoms with Gasteiger partial charge in [-0.05, 0) is 53.0 Å². The van der Waals surface area contributed by atoms with Crippen molar-refractivity contribution in [3.63, 3.8) is 0 Å². The minimum Gasteiger partial charge on any atom is -0.490 e. The molecule has 0 fully saturated rings. The molecule has 5 nitrogen and oxygen atoms in total. The van der Waals surface area contributed by atoms with E-state index >= 15 is 0 Å². The van der Waals surface area contributed by atoms with Crippen LogP contribution in [-0.2, 0) is 17.9 Å². The number of hydrogen-bond acceptors (Lipinski definition) is 5. The molecule has 2 N–H and O–H groups in total. The fourth-order valence-electron chi connectivity index (χ4n) is 2.63. The van der Waals surface area contributed by atoms with Gasteiger partial charge in [-0.2, -0.15) is 0 Å². The van der Waals surface area contributed by atoms with Crippen molar-refractivity contribution >= 4 is 15.9 Å². The van der Waals surface area contributed by atoms with E-state index in [1.54, 1.807) is 0 Å². The maximum Gasteiger partial charge on any atom is 0.175 e. The third kappa shape index (κ3) is 7.50. The molecule has 0 amide bonds. The quantitative estimate of drug-likeness (QED) is 0.494. The summed E-state index contributed by atoms with van der Waals surface area (Å²) in [4.78, 5) is 0. The molecule has 2 aromatic rings. The Kier molecular flexibility index (Phi) is 9.62. The minimum atomic E-state index is 0.0503. The predicted molar refractivity (Wildman–Crippen MR) is 110 cm³/mol. The minimum absolute atomic E-state index is 0.0503. The van der Waals surface area contributed by atoms with Crippen LogP contribution in [0.25, 0.3) is 0 Å². The van der Waals surface area contributed by atoms with E-state index in [1.165, 1.54) is 5.56 Å². The number of benzene rings is 2. The number of halogens is 1. The van der Waals surface area contributed by atoms with Crippen molar-refractivity contribution in [1.29, 1.82) is 0 Å². The van der Waals surface area contributed by atoms with Crippen molar-refractivity contribution < 1.29 is 19.3 Å². The number of ether oxygens (including phenoxy) is 3. The molecule has 0 atom stereocenters. The van der Waals surface area contributed by atoms with Gasteiger partial charge in [-0.25, -0.2) is 0 Å². The molecule has 6 heteroatoms. The van der Waals surface area contributed by atoms with E-state index in [2.05, 4.69) is 46.4 Å². The molecule has 2 rings (SSSR count). The van der Waals surface area contributed by atoms with Crippen LogP contribution in [0.2, 0.25) is 0 Å². The van der Waals surface area contributed by atoms with E-state index in [1.807, 2.05) is 25.1 Å². The first-order valence-electron chi connectivity index (χ1n) is 9.17. The van der Waals surface area contributed by atoms with Crippen molar-refractivity contribution in [2.45, 2.75) is 27.0 Å². The van der Waals surface area contributed by atoms with Gasteiger partial charge in [0.1, 0.15) is 6.61 Å². The van der Waals surface area contributed by atoms with Crippen molar-refractivity contribution in [2.75, 3.05) is 33.0 Å². The summed E-state index contributed by atoms with van der Waals surface area (Å²) in [6.45, 7) is 7.48. The molecule has 148 valence electrons. The van der Waals surface area contributed by atoms with Crippen LogP contribution in [0.4, 0.5) is 0 Å². The standard InChI is InChI=1S/C21H28BrNO4/c1-3-26-20-13-18(14-23-7-9-25-10-8-24)12-19(22)21(20)27-15-17-6-4-5-16(2)11-17/h4-6,11-13,23-24H,3,7-10,14-15H2,1-2H3. The van der Waals surface area contributed by atoms with Gasteiger partial charge in [0.25, 0.3) is 0 Å². The summed E-state index contributed by atoms with van der Waals surface area (Å²) < 4.78 is 18.0. The molecule has 0 aromatic heterocycles. The molecule has 0 spiro atoms. The van der Waals surface area contributed by atoms with E-state index in [0.717, 1.165) is 21.3 Å². The Balaban J connectivity index is 1.99. The molecule has 27 heavy (non-hydrogen) atoms. The van der Waals surface area contributed by atoms with Gasteiger partial charge >= 0.3 is 0 Å². The first kappa shape index (κ1) is 21.7. The van der Waals surface area contributed by atoms with Gasteiger partial charge in [-0.15, -0.1) is 0 Å². The first-order valence-corrected chi connectivity index (χ1v) is 9.96. The Bertz CT molecular complexity index is 709. The zero-order valence-electron chi connectivity index (χ0n) is 16.0. The van der Waals surface area contributed by atoms with Crippen LogP contribution in [0.1, 0.15) is 23.6 Å². The van der Waals surface area contributed by atoms with E-state index in [9.17, 15) is 0 Å². The van der Waals surface area contributed by atoms with Gasteiger partial charge in [0, 0.05) is 13.1 Å². The van der Waals surface area contributed by atoms with E-state index < -0.39 is 0 Å². The number of aliphatic hydroxyl groups excluding tert-OH is 1. The molecule has 0 radical (unpaired) electrons. The lowest BCUT2D eigenvalue weighted by Gasteiger charge is -2.16. The van der Waals surface area contributed by atoms with Crippen LogP contribution in [0.3, 0.4) is 0 Å². The molecule has 2 aromatic carbocycles. The van der Waals surface area contributed by atoms with Crippen LogP contribution in [-0.4, -0.2) is 38.1 Å². The lowest BCUT2D eigenvalue weighted by molar-refractivity contribution is 0.0938. The molecular formula is C21H28BrNO4. The summed E-state index contributed by atoms with van der Waals surface area (Å²) in [6, 6.07) is 12.3. The average molecular weight is 438 g/mol. The van der Waals surface area contributed by atoms with Gasteiger partial charge in [0.2, 0.25) is 0 Å². The Morgan fingerprint density at radius 3 is 2.67 bits per heavy atom. The topological polar surface area (TPSA) is 60.0 Å². The Labute approximate surface area is 169 Å². The molecule has 0 aliphatic heterocycles. The fraction of sp³-hybridized carbons (Fsp3) is 0.429. The summed E-state index contributed by atoms with van der Waals surface area (Å²) in [7, 11) is 0. The second-order valence-corrected chi connectivity index (χ2v) is 6.98. The monoisotopic (exact) mass is 437 g/mol. The third-order valence-electron chi connectivity index (χ3n) is 3.82. The lowest BCUT2D eigenvalue weighted by Crippen LogP contribution is -2.20. The number of aliphatic hydroxyl groups is 1. The van der Waals surface area contributed by atoms with Gasteiger partial charge < -0.3 is 24.6 Å². The predicted octanol–water partition coefficient (Wildman–Crippen LogP) is 3.83. The highest BCUT2D eigenvalue weighted by Crippen LogP contribution is 2.37. The normalized spacial score (nSPS) is 10.8. The molecule has 0 saturated heterocycles. The van der Waals surface area contributed by atoms with E-state index in [-0.39, 0.29) is 6.61 Å². The zero-order valence-corrected chi connectivity index (χ0v) is 17.5. The fourth-order valence-corrected chi connectivity index (χ4v) is 3.23. The number of aryl methyl sites for hydroxylation is 1. The van der Waals surface area contributed by atoms with Crippen molar-refractivity contribution in [1.82, 2.24) is 5.32 Å². The summed E-state index contributed by atoms with van der Waals surface area (Å²) in [6.07, 6.45) is 0. The van der Waals surface area contributed by atoms with Crippen molar-refractivity contribution in [3.05, 3.63) is 57.6 Å². The summed E-state index contributed by atoms with van der Waals surface area (Å²) in [5, 5.41) is 12.0. The second kappa shape index (κ2) is 12.0. The Morgan fingerprint density at radius 1 is 1.07 bits per heavy atom. The highest BCUT2D eigenvalue weighted by molar-refractivity contribution is 9.10. The number of hydrogen-bond donors (Lipinski definition) is 2. The average Bonchev–Trinajstić information content (AvgIpc) is 2.64. The molecular weight excluding hydrogens is 410 g/mol. The molecule has 0 aliphatic carbocycles. The maximum atomic E-state index is 8.69. The molecule has 0 heterocycles.